The molecule has 7 rings (SSSR count). The van der Waals surface area contributed by atoms with E-state index in [1.807, 2.05) is 24.3 Å². The molecule has 5 heteroatoms. The number of ether oxygens (including phenoxy) is 1. The van der Waals surface area contributed by atoms with Crippen molar-refractivity contribution in [3.05, 3.63) is 108 Å². The minimum absolute atomic E-state index is 0.152. The maximum absolute atomic E-state index is 13.7. The summed E-state index contributed by atoms with van der Waals surface area (Å²) < 4.78 is 5.20. The molecule has 3 aromatic carbocycles. The second-order valence-electron chi connectivity index (χ2n) is 8.40. The van der Waals surface area contributed by atoms with Crippen LogP contribution in [-0.4, -0.2) is 17.8 Å². The van der Waals surface area contributed by atoms with E-state index >= 15 is 0 Å². The molecule has 0 spiro atoms. The molecule has 0 unspecified atom stereocenters. The monoisotopic (exact) mass is 421 g/mol. The first-order valence-electron chi connectivity index (χ1n) is 10.6. The van der Waals surface area contributed by atoms with E-state index in [9.17, 15) is 14.4 Å². The summed E-state index contributed by atoms with van der Waals surface area (Å²) >= 11 is 0. The number of carbonyl (C=O) groups is 3. The maximum atomic E-state index is 13.7. The summed E-state index contributed by atoms with van der Waals surface area (Å²) in [6, 6.07) is 22.8. The second kappa shape index (κ2) is 6.76. The fraction of sp³-hybridized carbons (Fsp3) is 0.148. The summed E-state index contributed by atoms with van der Waals surface area (Å²) in [5, 5.41) is 0. The quantitative estimate of drug-likeness (QED) is 0.276. The molecule has 156 valence electrons. The molecule has 3 aromatic rings. The highest BCUT2D eigenvalue weighted by Gasteiger charge is 2.61. The van der Waals surface area contributed by atoms with Gasteiger partial charge in [-0.15, -0.1) is 0 Å². The Bertz CT molecular complexity index is 1210. The van der Waals surface area contributed by atoms with Gasteiger partial charge in [-0.2, -0.15) is 0 Å². The number of hydrogen-bond donors (Lipinski definition) is 0. The van der Waals surface area contributed by atoms with E-state index in [0.29, 0.717) is 5.69 Å². The van der Waals surface area contributed by atoms with Gasteiger partial charge in [0.25, 0.3) is 0 Å². The number of amides is 2. The van der Waals surface area contributed by atoms with Crippen molar-refractivity contribution in [2.75, 3.05) is 4.90 Å². The number of esters is 1. The molecule has 1 aliphatic heterocycles. The third-order valence-electron chi connectivity index (χ3n) is 6.91. The predicted molar refractivity (Wildman–Crippen MR) is 118 cm³/mol. The molecular weight excluding hydrogens is 402 g/mol. The molecule has 4 aliphatic rings. The molecular formula is C27H19NO4. The van der Waals surface area contributed by atoms with Gasteiger partial charge in [0.1, 0.15) is 5.75 Å². The van der Waals surface area contributed by atoms with Gasteiger partial charge in [-0.3, -0.25) is 9.59 Å². The molecule has 0 saturated carbocycles. The number of carbonyl (C=O) groups excluding carboxylic acids is 3. The molecule has 3 aliphatic carbocycles. The fourth-order valence-electron chi connectivity index (χ4n) is 5.78. The number of hydrogen-bond acceptors (Lipinski definition) is 4. The Morgan fingerprint density at radius 1 is 0.781 bits per heavy atom. The molecule has 0 radical (unpaired) electrons. The lowest BCUT2D eigenvalue weighted by Gasteiger charge is -2.45. The minimum Gasteiger partial charge on any atom is -0.423 e. The largest absolute Gasteiger partial charge is 0.423 e. The molecule has 0 aromatic heterocycles. The van der Waals surface area contributed by atoms with Gasteiger partial charge in [-0.05, 0) is 34.4 Å². The van der Waals surface area contributed by atoms with E-state index in [1.54, 1.807) is 24.3 Å². The second-order valence-corrected chi connectivity index (χ2v) is 8.40. The lowest BCUT2D eigenvalue weighted by molar-refractivity contribution is -0.129. The number of benzene rings is 3. The molecule has 2 amide bonds. The average molecular weight is 421 g/mol. The molecule has 5 nitrogen and oxygen atoms in total. The third-order valence-corrected chi connectivity index (χ3v) is 6.91. The highest BCUT2D eigenvalue weighted by Crippen LogP contribution is 2.61. The third kappa shape index (κ3) is 2.42. The van der Waals surface area contributed by atoms with E-state index in [-0.39, 0.29) is 29.4 Å². The van der Waals surface area contributed by atoms with Gasteiger partial charge in [0.2, 0.25) is 11.8 Å². The molecule has 1 saturated heterocycles. The van der Waals surface area contributed by atoms with Crippen LogP contribution in [0.1, 0.15) is 34.1 Å². The summed E-state index contributed by atoms with van der Waals surface area (Å²) in [4.78, 5) is 40.3. The van der Waals surface area contributed by atoms with Crippen LogP contribution in [0.3, 0.4) is 0 Å². The van der Waals surface area contributed by atoms with Crippen LogP contribution in [0.25, 0.3) is 0 Å². The Morgan fingerprint density at radius 2 is 1.28 bits per heavy atom. The minimum atomic E-state index is -0.598. The lowest BCUT2D eigenvalue weighted by atomic mass is 9.55. The molecule has 32 heavy (non-hydrogen) atoms. The topological polar surface area (TPSA) is 63.7 Å². The van der Waals surface area contributed by atoms with E-state index < -0.39 is 17.8 Å². The Balaban J connectivity index is 1.47. The first kappa shape index (κ1) is 18.8. The van der Waals surface area contributed by atoms with Crippen molar-refractivity contribution >= 4 is 23.5 Å². The zero-order valence-corrected chi connectivity index (χ0v) is 17.1. The zero-order valence-electron chi connectivity index (χ0n) is 17.1. The average Bonchev–Trinajstić information content (AvgIpc) is 3.09. The summed E-state index contributed by atoms with van der Waals surface area (Å²) in [6.07, 6.45) is 1.07. The number of imide groups is 1. The van der Waals surface area contributed by atoms with E-state index in [0.717, 1.165) is 28.3 Å². The van der Waals surface area contributed by atoms with Crippen LogP contribution in [0.4, 0.5) is 5.69 Å². The van der Waals surface area contributed by atoms with Gasteiger partial charge in [0.15, 0.2) is 0 Å². The van der Waals surface area contributed by atoms with Crippen molar-refractivity contribution in [2.45, 2.75) is 11.8 Å². The zero-order chi connectivity index (χ0) is 22.0. The Morgan fingerprint density at radius 3 is 1.75 bits per heavy atom. The van der Waals surface area contributed by atoms with Crippen LogP contribution >= 0.6 is 0 Å². The highest BCUT2D eigenvalue weighted by atomic mass is 16.5. The van der Waals surface area contributed by atoms with Crippen LogP contribution in [-0.2, 0) is 14.4 Å². The summed E-state index contributed by atoms with van der Waals surface area (Å²) in [7, 11) is 0. The summed E-state index contributed by atoms with van der Waals surface area (Å²) in [6.45, 7) is 3.40. The molecule has 2 bridgehead atoms. The van der Waals surface area contributed by atoms with E-state index in [2.05, 4.69) is 30.8 Å². The van der Waals surface area contributed by atoms with Crippen LogP contribution in [0.2, 0.25) is 0 Å². The number of nitrogens with zero attached hydrogens (tertiary/aromatic N) is 1. The molecule has 2 atom stereocenters. The number of rotatable bonds is 3. The highest BCUT2D eigenvalue weighted by molar-refractivity contribution is 6.23. The smallest absolute Gasteiger partial charge is 0.335 e. The standard InChI is InChI=1S/C27H19NO4/c1-2-21(29)32-16-9-7-8-15(14-16)28-26(30)24-22-17-10-3-4-11-18(17)23(25(24)27(28)31)20-13-6-5-12-19(20)22/h2-14,22-25H,1H2/t22?,23?,24-,25-/m0/s1. The summed E-state index contributed by atoms with van der Waals surface area (Å²) in [5.41, 5.74) is 4.95. The van der Waals surface area contributed by atoms with Crippen molar-refractivity contribution in [2.24, 2.45) is 11.8 Å². The van der Waals surface area contributed by atoms with Gasteiger partial charge in [-0.1, -0.05) is 61.2 Å². The van der Waals surface area contributed by atoms with Crippen LogP contribution in [0.15, 0.2) is 85.5 Å². The lowest BCUT2D eigenvalue weighted by Crippen LogP contribution is -2.41. The fourth-order valence-corrected chi connectivity index (χ4v) is 5.78. The van der Waals surface area contributed by atoms with Crippen LogP contribution in [0, 0.1) is 11.8 Å². The van der Waals surface area contributed by atoms with Gasteiger partial charge in [0.05, 0.1) is 17.5 Å². The van der Waals surface area contributed by atoms with Gasteiger partial charge in [-0.25, -0.2) is 9.69 Å². The maximum Gasteiger partial charge on any atom is 0.335 e. The van der Waals surface area contributed by atoms with Crippen molar-refractivity contribution in [1.29, 1.82) is 0 Å². The molecule has 0 N–H and O–H groups in total. The SMILES string of the molecule is C=CC(=O)Oc1cccc(N2C(=O)[C@H]3C4c5ccccc5C(c5ccccc54)[C@@H]3C2=O)c1. The Hall–Kier alpha value is -3.99. The van der Waals surface area contributed by atoms with Crippen molar-refractivity contribution in [1.82, 2.24) is 0 Å². The van der Waals surface area contributed by atoms with Crippen LogP contribution in [0.5, 0.6) is 5.75 Å². The van der Waals surface area contributed by atoms with Gasteiger partial charge in [0, 0.05) is 24.0 Å². The first-order chi connectivity index (χ1) is 15.6. The molecule has 1 fully saturated rings. The normalized spacial score (nSPS) is 24.6. The van der Waals surface area contributed by atoms with Gasteiger partial charge < -0.3 is 4.74 Å². The Kier molecular flexibility index (Phi) is 3.96. The van der Waals surface area contributed by atoms with E-state index in [1.165, 1.54) is 4.90 Å². The first-order valence-corrected chi connectivity index (χ1v) is 10.6. The van der Waals surface area contributed by atoms with Crippen LogP contribution < -0.4 is 9.64 Å². The summed E-state index contributed by atoms with van der Waals surface area (Å²) in [5.74, 6) is -1.94. The van der Waals surface area contributed by atoms with Crippen molar-refractivity contribution in [3.8, 4) is 5.75 Å². The van der Waals surface area contributed by atoms with Crippen molar-refractivity contribution in [3.63, 3.8) is 0 Å². The molecule has 1 heterocycles. The number of anilines is 1. The predicted octanol–water partition coefficient (Wildman–Crippen LogP) is 4.17. The van der Waals surface area contributed by atoms with Gasteiger partial charge >= 0.3 is 5.97 Å². The Labute approximate surface area is 184 Å². The van der Waals surface area contributed by atoms with E-state index in [4.69, 9.17) is 4.74 Å². The van der Waals surface area contributed by atoms with Crippen molar-refractivity contribution < 1.29 is 19.1 Å².